The number of rotatable bonds is 12. The number of aliphatic hydroxyl groups excluding tert-OH is 1. The van der Waals surface area contributed by atoms with Crippen LogP contribution in [-0.4, -0.2) is 22.5 Å². The Morgan fingerprint density at radius 2 is 1.43 bits per heavy atom. The Hall–Kier alpha value is -2.49. The molecule has 0 aliphatic heterocycles. The first-order chi connectivity index (χ1) is 18.5. The van der Waals surface area contributed by atoms with Crippen LogP contribution >= 0.6 is 0 Å². The van der Waals surface area contributed by atoms with Crippen molar-refractivity contribution in [3.8, 4) is 0 Å². The molecule has 222 valence electrons. The number of carbonyl (C=O) groups excluding carboxylic acids is 3. The fourth-order valence-electron chi connectivity index (χ4n) is 6.76. The molecule has 4 nitrogen and oxygen atoms in total. The molecule has 0 aromatic rings. The maximum Gasteiger partial charge on any atom is 0.183 e. The molecule has 2 aliphatic rings. The highest BCUT2D eigenvalue weighted by molar-refractivity contribution is 6.33. The number of aliphatic hydroxyl groups is 1. The lowest BCUT2D eigenvalue weighted by molar-refractivity contribution is -0.179. The van der Waals surface area contributed by atoms with Crippen LogP contribution in [0.4, 0.5) is 0 Å². The van der Waals surface area contributed by atoms with Gasteiger partial charge in [0.1, 0.15) is 5.76 Å². The van der Waals surface area contributed by atoms with E-state index in [1.165, 1.54) is 0 Å². The second-order valence-corrected chi connectivity index (χ2v) is 13.6. The quantitative estimate of drug-likeness (QED) is 0.194. The van der Waals surface area contributed by atoms with Crippen molar-refractivity contribution in [3.63, 3.8) is 0 Å². The van der Waals surface area contributed by atoms with Crippen molar-refractivity contribution < 1.29 is 19.5 Å². The second-order valence-electron chi connectivity index (χ2n) is 13.6. The highest BCUT2D eigenvalue weighted by Gasteiger charge is 2.76. The van der Waals surface area contributed by atoms with E-state index in [1.54, 1.807) is 0 Å². The van der Waals surface area contributed by atoms with Crippen LogP contribution in [0.2, 0.25) is 0 Å². The minimum Gasteiger partial charge on any atom is -0.511 e. The molecule has 0 amide bonds. The van der Waals surface area contributed by atoms with Crippen LogP contribution in [0.3, 0.4) is 0 Å². The Bertz CT molecular complexity index is 1160. The van der Waals surface area contributed by atoms with Crippen molar-refractivity contribution in [2.24, 2.45) is 28.1 Å². The zero-order valence-corrected chi connectivity index (χ0v) is 27.1. The van der Waals surface area contributed by atoms with E-state index < -0.39 is 27.9 Å². The second kappa shape index (κ2) is 13.0. The smallest absolute Gasteiger partial charge is 0.183 e. The van der Waals surface area contributed by atoms with Crippen molar-refractivity contribution in [2.45, 2.75) is 121 Å². The number of hydrogen-bond donors (Lipinski definition) is 1. The SMILES string of the molecule is CCC(C)C(=O)C12C(=O)C(CCC=C(C)C)=C(O)C(CC=C(C)C)(CC(CC=C(C)C)C1(C)CC=C(C)C)C2=O. The lowest BCUT2D eigenvalue weighted by atomic mass is 9.38. The Labute approximate surface area is 243 Å². The number of fused-ring (bicyclic) bond motifs is 2. The van der Waals surface area contributed by atoms with Crippen molar-refractivity contribution in [3.05, 3.63) is 57.9 Å². The minimum absolute atomic E-state index is 0.0961. The summed E-state index contributed by atoms with van der Waals surface area (Å²) >= 11 is 0. The molecule has 2 rings (SSSR count). The molecule has 40 heavy (non-hydrogen) atoms. The van der Waals surface area contributed by atoms with Crippen LogP contribution in [0.25, 0.3) is 0 Å². The van der Waals surface area contributed by atoms with E-state index in [-0.39, 0.29) is 28.8 Å². The molecule has 0 saturated heterocycles. The van der Waals surface area contributed by atoms with Gasteiger partial charge in [-0.1, -0.05) is 67.4 Å². The first-order valence-electron chi connectivity index (χ1n) is 15.1. The van der Waals surface area contributed by atoms with Gasteiger partial charge in [0, 0.05) is 16.9 Å². The van der Waals surface area contributed by atoms with E-state index >= 15 is 4.79 Å². The van der Waals surface area contributed by atoms with E-state index in [1.807, 2.05) is 88.3 Å². The highest BCUT2D eigenvalue weighted by Crippen LogP contribution is 2.67. The third-order valence-electron chi connectivity index (χ3n) is 9.46. The molecule has 1 N–H and O–H groups in total. The summed E-state index contributed by atoms with van der Waals surface area (Å²) < 4.78 is 0. The lowest BCUT2D eigenvalue weighted by Gasteiger charge is -2.61. The summed E-state index contributed by atoms with van der Waals surface area (Å²) in [6.45, 7) is 21.9. The van der Waals surface area contributed by atoms with Crippen molar-refractivity contribution in [1.82, 2.24) is 0 Å². The summed E-state index contributed by atoms with van der Waals surface area (Å²) in [5, 5.41) is 12.0. The summed E-state index contributed by atoms with van der Waals surface area (Å²) in [6.07, 6.45) is 11.5. The molecule has 0 aromatic carbocycles. The standard InChI is InChI=1S/C36H54O4/c1-12-27(10)30(37)36-32(39)29(15-13-14-23(2)3)31(38)35(33(36)40,21-19-26(8)9)22-28(17-16-24(4)5)34(36,11)20-18-25(6)7/h14,16,18-19,27-28,38H,12-13,15,17,20-22H2,1-11H3. The van der Waals surface area contributed by atoms with Gasteiger partial charge in [-0.05, 0) is 106 Å². The molecular formula is C36H54O4. The van der Waals surface area contributed by atoms with Crippen LogP contribution in [0.15, 0.2) is 57.9 Å². The zero-order valence-electron chi connectivity index (χ0n) is 27.1. The van der Waals surface area contributed by atoms with Crippen LogP contribution < -0.4 is 0 Å². The maximum absolute atomic E-state index is 15.1. The molecular weight excluding hydrogens is 496 g/mol. The predicted molar refractivity (Wildman–Crippen MR) is 166 cm³/mol. The van der Waals surface area contributed by atoms with E-state index in [0.717, 1.165) is 22.3 Å². The fourth-order valence-corrected chi connectivity index (χ4v) is 6.76. The molecule has 2 aliphatic carbocycles. The molecule has 4 heteroatoms. The van der Waals surface area contributed by atoms with Crippen molar-refractivity contribution in [2.75, 3.05) is 0 Å². The monoisotopic (exact) mass is 550 g/mol. The Kier molecular flexibility index (Phi) is 11.0. The Balaban J connectivity index is 3.11. The normalized spacial score (nSPS) is 28.5. The molecule has 0 heterocycles. The van der Waals surface area contributed by atoms with E-state index in [2.05, 4.69) is 12.2 Å². The van der Waals surface area contributed by atoms with Crippen molar-refractivity contribution >= 4 is 17.3 Å². The summed E-state index contributed by atoms with van der Waals surface area (Å²) in [4.78, 5) is 44.7. The van der Waals surface area contributed by atoms with E-state index in [4.69, 9.17) is 0 Å². The molecule has 0 spiro atoms. The highest BCUT2D eigenvalue weighted by atomic mass is 16.3. The van der Waals surface area contributed by atoms with Gasteiger partial charge in [-0.25, -0.2) is 0 Å². The molecule has 5 unspecified atom stereocenters. The Morgan fingerprint density at radius 1 is 0.900 bits per heavy atom. The minimum atomic E-state index is -1.84. The predicted octanol–water partition coefficient (Wildman–Crippen LogP) is 9.38. The van der Waals surface area contributed by atoms with E-state index in [9.17, 15) is 14.7 Å². The number of hydrogen-bond acceptors (Lipinski definition) is 4. The van der Waals surface area contributed by atoms with Crippen LogP contribution in [0.5, 0.6) is 0 Å². The topological polar surface area (TPSA) is 71.4 Å². The Morgan fingerprint density at radius 3 is 1.93 bits per heavy atom. The third-order valence-corrected chi connectivity index (χ3v) is 9.46. The van der Waals surface area contributed by atoms with Gasteiger partial charge in [-0.3, -0.25) is 14.4 Å². The van der Waals surface area contributed by atoms with Crippen LogP contribution in [0.1, 0.15) is 121 Å². The first kappa shape index (κ1) is 33.7. The van der Waals surface area contributed by atoms with Gasteiger partial charge in [0.2, 0.25) is 0 Å². The summed E-state index contributed by atoms with van der Waals surface area (Å²) in [5.74, 6) is -1.82. The third kappa shape index (κ3) is 5.92. The summed E-state index contributed by atoms with van der Waals surface area (Å²) in [6, 6.07) is 0. The molecule has 0 radical (unpaired) electrons. The van der Waals surface area contributed by atoms with Gasteiger partial charge in [-0.2, -0.15) is 0 Å². The van der Waals surface area contributed by atoms with Gasteiger partial charge in [0.15, 0.2) is 22.8 Å². The van der Waals surface area contributed by atoms with Crippen LogP contribution in [0, 0.1) is 28.1 Å². The van der Waals surface area contributed by atoms with E-state index in [0.29, 0.717) is 44.9 Å². The summed E-state index contributed by atoms with van der Waals surface area (Å²) in [5.41, 5.74) is 0.624. The van der Waals surface area contributed by atoms with Gasteiger partial charge >= 0.3 is 0 Å². The summed E-state index contributed by atoms with van der Waals surface area (Å²) in [7, 11) is 0. The van der Waals surface area contributed by atoms with Gasteiger partial charge in [-0.15, -0.1) is 0 Å². The number of carbonyl (C=O) groups is 3. The molecule has 1 saturated carbocycles. The van der Waals surface area contributed by atoms with Crippen LogP contribution in [-0.2, 0) is 14.4 Å². The average Bonchev–Trinajstić information content (AvgIpc) is 2.87. The number of ketones is 3. The maximum atomic E-state index is 15.1. The van der Waals surface area contributed by atoms with Crippen molar-refractivity contribution in [1.29, 1.82) is 0 Å². The molecule has 1 fully saturated rings. The average molecular weight is 551 g/mol. The van der Waals surface area contributed by atoms with Gasteiger partial charge < -0.3 is 5.11 Å². The molecule has 5 atom stereocenters. The van der Waals surface area contributed by atoms with Gasteiger partial charge in [0.05, 0.1) is 5.41 Å². The lowest BCUT2D eigenvalue weighted by Crippen LogP contribution is -2.71. The number of allylic oxidation sites excluding steroid dienone is 10. The first-order valence-corrected chi connectivity index (χ1v) is 15.1. The van der Waals surface area contributed by atoms with Gasteiger partial charge in [0.25, 0.3) is 0 Å². The number of Topliss-reactive ketones (excluding diaryl/α,β-unsaturated/α-hetero) is 3. The molecule has 2 bridgehead atoms. The zero-order chi connectivity index (χ0) is 30.6. The largest absolute Gasteiger partial charge is 0.511 e. The fraction of sp³-hybridized carbons (Fsp3) is 0.639. The molecule has 0 aromatic heterocycles.